The molecule has 33 heavy (non-hydrogen) atoms. The van der Waals surface area contributed by atoms with Crippen molar-refractivity contribution >= 4 is 17.8 Å². The number of urea groups is 1. The molecular formula is C25H38N4O4. The first-order valence-electron chi connectivity index (χ1n) is 12.2. The van der Waals surface area contributed by atoms with Crippen LogP contribution in [0.5, 0.6) is 5.75 Å². The fourth-order valence-corrected chi connectivity index (χ4v) is 4.63. The van der Waals surface area contributed by atoms with E-state index in [-0.39, 0.29) is 17.9 Å². The zero-order chi connectivity index (χ0) is 23.6. The van der Waals surface area contributed by atoms with Crippen LogP contribution in [0.1, 0.15) is 57.4 Å². The number of carbonyl (C=O) groups excluding carboxylic acids is 3. The summed E-state index contributed by atoms with van der Waals surface area (Å²) in [5, 5.41) is 5.43. The maximum atomic E-state index is 12.7. The average Bonchev–Trinajstić information content (AvgIpc) is 3.09. The molecule has 1 saturated heterocycles. The van der Waals surface area contributed by atoms with Gasteiger partial charge in [0.25, 0.3) is 0 Å². The monoisotopic (exact) mass is 458 g/mol. The molecule has 0 spiro atoms. The van der Waals surface area contributed by atoms with Gasteiger partial charge in [-0.1, -0.05) is 31.4 Å². The lowest BCUT2D eigenvalue weighted by Crippen LogP contribution is -2.52. The molecule has 2 N–H and O–H groups in total. The van der Waals surface area contributed by atoms with Gasteiger partial charge in [-0.15, -0.1) is 0 Å². The van der Waals surface area contributed by atoms with Gasteiger partial charge in [-0.3, -0.25) is 19.8 Å². The lowest BCUT2D eigenvalue weighted by atomic mass is 9.96. The Morgan fingerprint density at radius 2 is 1.73 bits per heavy atom. The maximum absolute atomic E-state index is 12.7. The Balaban J connectivity index is 1.41. The molecule has 1 aliphatic heterocycles. The van der Waals surface area contributed by atoms with Gasteiger partial charge in [0.1, 0.15) is 5.75 Å². The van der Waals surface area contributed by atoms with Crippen LogP contribution in [0.4, 0.5) is 4.79 Å². The topological polar surface area (TPSA) is 91.0 Å². The van der Waals surface area contributed by atoms with Crippen LogP contribution in [0.2, 0.25) is 0 Å². The van der Waals surface area contributed by atoms with E-state index < -0.39 is 12.1 Å². The number of carbonyl (C=O) groups is 3. The van der Waals surface area contributed by atoms with Crippen LogP contribution < -0.4 is 15.4 Å². The third-order valence-electron chi connectivity index (χ3n) is 6.77. The zero-order valence-electron chi connectivity index (χ0n) is 20.0. The van der Waals surface area contributed by atoms with E-state index in [0.717, 1.165) is 50.0 Å². The Labute approximate surface area is 197 Å². The summed E-state index contributed by atoms with van der Waals surface area (Å²) in [5.41, 5.74) is 1.11. The summed E-state index contributed by atoms with van der Waals surface area (Å²) in [6.07, 6.45) is 7.38. The number of aryl methyl sites for hydroxylation is 1. The van der Waals surface area contributed by atoms with Gasteiger partial charge in [0.15, 0.2) is 0 Å². The molecule has 1 aliphatic carbocycles. The highest BCUT2D eigenvalue weighted by molar-refractivity contribution is 5.96. The molecule has 182 valence electrons. The second kappa shape index (κ2) is 12.6. The number of methoxy groups -OCH3 is 1. The number of nitrogens with zero attached hydrogens (tertiary/aromatic N) is 2. The molecule has 1 saturated carbocycles. The summed E-state index contributed by atoms with van der Waals surface area (Å²) in [7, 11) is 1.64. The first-order chi connectivity index (χ1) is 16.0. The highest BCUT2D eigenvalue weighted by atomic mass is 16.5. The van der Waals surface area contributed by atoms with Crippen LogP contribution in [-0.4, -0.2) is 73.0 Å². The van der Waals surface area contributed by atoms with Crippen molar-refractivity contribution in [1.29, 1.82) is 0 Å². The zero-order valence-corrected chi connectivity index (χ0v) is 20.0. The summed E-state index contributed by atoms with van der Waals surface area (Å²) >= 11 is 0. The van der Waals surface area contributed by atoms with Crippen molar-refractivity contribution in [3.05, 3.63) is 29.8 Å². The lowest BCUT2D eigenvalue weighted by Gasteiger charge is -2.27. The summed E-state index contributed by atoms with van der Waals surface area (Å²) in [4.78, 5) is 41.5. The number of amides is 4. The summed E-state index contributed by atoms with van der Waals surface area (Å²) in [6, 6.07) is 7.14. The molecule has 1 atom stereocenters. The predicted octanol–water partition coefficient (Wildman–Crippen LogP) is 2.71. The molecule has 1 heterocycles. The first kappa shape index (κ1) is 25.0. The molecular weight excluding hydrogens is 420 g/mol. The number of imide groups is 1. The number of hydrogen-bond acceptors (Lipinski definition) is 5. The number of benzene rings is 1. The Morgan fingerprint density at radius 3 is 2.42 bits per heavy atom. The summed E-state index contributed by atoms with van der Waals surface area (Å²) < 4.78 is 5.17. The van der Waals surface area contributed by atoms with Crippen molar-refractivity contribution < 1.29 is 19.1 Å². The number of ether oxygens (including phenoxy) is 1. The quantitative estimate of drug-likeness (QED) is 0.656. The largest absolute Gasteiger partial charge is 0.497 e. The number of rotatable bonds is 7. The normalized spacial score (nSPS) is 18.8. The van der Waals surface area contributed by atoms with Gasteiger partial charge in [-0.05, 0) is 50.3 Å². The molecule has 3 rings (SSSR count). The van der Waals surface area contributed by atoms with Gasteiger partial charge in [0, 0.05) is 38.6 Å². The minimum Gasteiger partial charge on any atom is -0.497 e. The summed E-state index contributed by atoms with van der Waals surface area (Å²) in [5.74, 6) is 0.654. The SMILES string of the molecule is COc1ccc(CCC(=O)N2CCCN(C(C)C(=O)NC(=O)NC3CCCCC3)CC2)cc1. The minimum atomic E-state index is -0.420. The predicted molar refractivity (Wildman–Crippen MR) is 127 cm³/mol. The first-order valence-corrected chi connectivity index (χ1v) is 12.2. The summed E-state index contributed by atoms with van der Waals surface area (Å²) in [6.45, 7) is 4.44. The Morgan fingerprint density at radius 1 is 1.00 bits per heavy atom. The van der Waals surface area contributed by atoms with Crippen LogP contribution in [0.3, 0.4) is 0 Å². The van der Waals surface area contributed by atoms with Crippen LogP contribution in [0.15, 0.2) is 24.3 Å². The highest BCUT2D eigenvalue weighted by Gasteiger charge is 2.27. The molecule has 0 radical (unpaired) electrons. The Kier molecular flexibility index (Phi) is 9.54. The van der Waals surface area contributed by atoms with E-state index in [1.165, 1.54) is 6.42 Å². The second-order valence-electron chi connectivity index (χ2n) is 9.09. The molecule has 8 heteroatoms. The van der Waals surface area contributed by atoms with Crippen molar-refractivity contribution in [2.45, 2.75) is 70.4 Å². The third kappa shape index (κ3) is 7.74. The van der Waals surface area contributed by atoms with Gasteiger partial charge >= 0.3 is 6.03 Å². The average molecular weight is 459 g/mol. The molecule has 1 unspecified atom stereocenters. The van der Waals surface area contributed by atoms with Gasteiger partial charge in [0.2, 0.25) is 11.8 Å². The number of nitrogens with one attached hydrogen (secondary N) is 2. The van der Waals surface area contributed by atoms with Gasteiger partial charge in [-0.2, -0.15) is 0 Å². The fourth-order valence-electron chi connectivity index (χ4n) is 4.63. The van der Waals surface area contributed by atoms with E-state index in [9.17, 15) is 14.4 Å². The van der Waals surface area contributed by atoms with E-state index >= 15 is 0 Å². The standard InChI is InChI=1S/C25H38N4O4/c1-19(24(31)27-25(32)26-21-7-4-3-5-8-21)28-15-6-16-29(18-17-28)23(30)14-11-20-9-12-22(33-2)13-10-20/h9-10,12-13,19,21H,3-8,11,14-18H2,1-2H3,(H2,26,27,31,32). The van der Waals surface area contributed by atoms with Crippen LogP contribution in [0.25, 0.3) is 0 Å². The molecule has 1 aromatic rings. The molecule has 0 aromatic heterocycles. The van der Waals surface area contributed by atoms with E-state index in [1.54, 1.807) is 7.11 Å². The fraction of sp³-hybridized carbons (Fsp3) is 0.640. The molecule has 4 amide bonds. The van der Waals surface area contributed by atoms with E-state index in [4.69, 9.17) is 4.74 Å². The minimum absolute atomic E-state index is 0.136. The molecule has 2 fully saturated rings. The molecule has 8 nitrogen and oxygen atoms in total. The molecule has 1 aromatic carbocycles. The van der Waals surface area contributed by atoms with E-state index in [2.05, 4.69) is 15.5 Å². The van der Waals surface area contributed by atoms with Crippen molar-refractivity contribution in [3.63, 3.8) is 0 Å². The second-order valence-corrected chi connectivity index (χ2v) is 9.09. The van der Waals surface area contributed by atoms with Gasteiger partial charge in [-0.25, -0.2) is 4.79 Å². The lowest BCUT2D eigenvalue weighted by molar-refractivity contribution is -0.131. The highest BCUT2D eigenvalue weighted by Crippen LogP contribution is 2.17. The molecule has 0 bridgehead atoms. The van der Waals surface area contributed by atoms with E-state index in [0.29, 0.717) is 32.5 Å². The van der Waals surface area contributed by atoms with Crippen molar-refractivity contribution in [2.75, 3.05) is 33.3 Å². The van der Waals surface area contributed by atoms with Gasteiger partial charge in [0.05, 0.1) is 13.2 Å². The molecule has 2 aliphatic rings. The number of hydrogen-bond donors (Lipinski definition) is 2. The maximum Gasteiger partial charge on any atom is 0.321 e. The van der Waals surface area contributed by atoms with Crippen molar-refractivity contribution in [1.82, 2.24) is 20.4 Å². The van der Waals surface area contributed by atoms with Crippen LogP contribution in [0, 0.1) is 0 Å². The van der Waals surface area contributed by atoms with Gasteiger partial charge < -0.3 is 15.0 Å². The Hall–Kier alpha value is -2.61. The smallest absolute Gasteiger partial charge is 0.321 e. The Bertz CT molecular complexity index is 792. The van der Waals surface area contributed by atoms with Crippen molar-refractivity contribution in [2.24, 2.45) is 0 Å². The van der Waals surface area contributed by atoms with Crippen LogP contribution in [-0.2, 0) is 16.0 Å². The van der Waals surface area contributed by atoms with Crippen molar-refractivity contribution in [3.8, 4) is 5.75 Å². The van der Waals surface area contributed by atoms with E-state index in [1.807, 2.05) is 36.1 Å². The third-order valence-corrected chi connectivity index (χ3v) is 6.77. The van der Waals surface area contributed by atoms with Crippen LogP contribution >= 0.6 is 0 Å².